The smallest absolute Gasteiger partial charge is 0.240 e. The minimum atomic E-state index is -0.220. The molecule has 1 amide bonds. The molecule has 1 saturated carbocycles. The SMILES string of the molecule is O=C([C@@H]1CCCCN1)N(Cc1ccccc1F)C1CC1. The highest BCUT2D eigenvalue weighted by molar-refractivity contribution is 5.82. The number of benzene rings is 1. The normalized spacial score (nSPS) is 22.6. The van der Waals surface area contributed by atoms with E-state index in [2.05, 4.69) is 5.32 Å². The van der Waals surface area contributed by atoms with Crippen LogP contribution in [0.15, 0.2) is 24.3 Å². The molecule has 0 unspecified atom stereocenters. The molecule has 1 aromatic rings. The van der Waals surface area contributed by atoms with Crippen LogP contribution in [0.2, 0.25) is 0 Å². The Morgan fingerprint density at radius 1 is 1.25 bits per heavy atom. The highest BCUT2D eigenvalue weighted by Gasteiger charge is 2.36. The zero-order chi connectivity index (χ0) is 13.9. The predicted octanol–water partition coefficient (Wildman–Crippen LogP) is 2.46. The minimum absolute atomic E-state index is 0.0730. The Kier molecular flexibility index (Phi) is 4.01. The molecule has 1 N–H and O–H groups in total. The first-order valence-corrected chi connectivity index (χ1v) is 7.53. The summed E-state index contributed by atoms with van der Waals surface area (Å²) in [6, 6.07) is 6.98. The molecular formula is C16H21FN2O. The number of nitrogens with one attached hydrogen (secondary N) is 1. The molecule has 20 heavy (non-hydrogen) atoms. The average molecular weight is 276 g/mol. The maximum atomic E-state index is 13.8. The Balaban J connectivity index is 1.72. The second-order valence-corrected chi connectivity index (χ2v) is 5.79. The highest BCUT2D eigenvalue weighted by atomic mass is 19.1. The molecule has 2 aliphatic rings. The van der Waals surface area contributed by atoms with Gasteiger partial charge in [0.15, 0.2) is 0 Å². The van der Waals surface area contributed by atoms with Crippen LogP contribution in [0.25, 0.3) is 0 Å². The van der Waals surface area contributed by atoms with Gasteiger partial charge in [-0.1, -0.05) is 24.6 Å². The lowest BCUT2D eigenvalue weighted by atomic mass is 10.0. The van der Waals surface area contributed by atoms with E-state index in [1.165, 1.54) is 6.07 Å². The van der Waals surface area contributed by atoms with Gasteiger partial charge in [-0.25, -0.2) is 4.39 Å². The average Bonchev–Trinajstić information content (AvgIpc) is 3.31. The van der Waals surface area contributed by atoms with Crippen LogP contribution in [-0.2, 0) is 11.3 Å². The quantitative estimate of drug-likeness (QED) is 0.916. The van der Waals surface area contributed by atoms with Gasteiger partial charge in [-0.3, -0.25) is 4.79 Å². The van der Waals surface area contributed by atoms with Gasteiger partial charge in [-0.05, 0) is 38.3 Å². The molecule has 0 bridgehead atoms. The molecule has 0 aromatic heterocycles. The summed E-state index contributed by atoms with van der Waals surface area (Å²) in [5.74, 6) is -0.0713. The van der Waals surface area contributed by atoms with E-state index in [-0.39, 0.29) is 17.8 Å². The van der Waals surface area contributed by atoms with Crippen LogP contribution in [0.5, 0.6) is 0 Å². The first kappa shape index (κ1) is 13.6. The second kappa shape index (κ2) is 5.92. The molecule has 1 aliphatic carbocycles. The van der Waals surface area contributed by atoms with Crippen molar-refractivity contribution in [2.24, 2.45) is 0 Å². The minimum Gasteiger partial charge on any atom is -0.334 e. The summed E-state index contributed by atoms with van der Waals surface area (Å²) >= 11 is 0. The fraction of sp³-hybridized carbons (Fsp3) is 0.562. The van der Waals surface area contributed by atoms with Crippen LogP contribution >= 0.6 is 0 Å². The van der Waals surface area contributed by atoms with Crippen molar-refractivity contribution in [3.63, 3.8) is 0 Å². The zero-order valence-corrected chi connectivity index (χ0v) is 11.6. The van der Waals surface area contributed by atoms with Crippen LogP contribution < -0.4 is 5.32 Å². The van der Waals surface area contributed by atoms with Crippen LogP contribution in [0.4, 0.5) is 4.39 Å². The van der Waals surface area contributed by atoms with Crippen molar-refractivity contribution in [2.45, 2.75) is 50.7 Å². The van der Waals surface area contributed by atoms with E-state index in [1.54, 1.807) is 12.1 Å². The van der Waals surface area contributed by atoms with E-state index in [9.17, 15) is 9.18 Å². The van der Waals surface area contributed by atoms with E-state index in [1.807, 2.05) is 11.0 Å². The summed E-state index contributed by atoms with van der Waals surface area (Å²) in [5, 5.41) is 3.30. The Hall–Kier alpha value is -1.42. The number of hydrogen-bond acceptors (Lipinski definition) is 2. The van der Waals surface area contributed by atoms with Crippen LogP contribution in [0.3, 0.4) is 0 Å². The zero-order valence-electron chi connectivity index (χ0n) is 11.6. The standard InChI is InChI=1S/C16H21FN2O/c17-14-6-2-1-5-12(14)11-19(13-8-9-13)16(20)15-7-3-4-10-18-15/h1-2,5-6,13,15,18H,3-4,7-11H2/t15-/m0/s1. The maximum Gasteiger partial charge on any atom is 0.240 e. The largest absolute Gasteiger partial charge is 0.334 e. The second-order valence-electron chi connectivity index (χ2n) is 5.79. The first-order valence-electron chi connectivity index (χ1n) is 7.53. The maximum absolute atomic E-state index is 13.8. The molecule has 3 rings (SSSR count). The van der Waals surface area contributed by atoms with Crippen LogP contribution in [0.1, 0.15) is 37.7 Å². The van der Waals surface area contributed by atoms with Gasteiger partial charge in [0, 0.05) is 18.2 Å². The summed E-state index contributed by atoms with van der Waals surface area (Å²) in [6.07, 6.45) is 5.24. The van der Waals surface area contributed by atoms with Gasteiger partial charge in [0.1, 0.15) is 5.82 Å². The number of carbonyl (C=O) groups is 1. The number of hydrogen-bond donors (Lipinski definition) is 1. The van der Waals surface area contributed by atoms with Crippen molar-refractivity contribution in [2.75, 3.05) is 6.54 Å². The summed E-state index contributed by atoms with van der Waals surface area (Å²) in [7, 11) is 0. The fourth-order valence-corrected chi connectivity index (χ4v) is 2.85. The molecule has 0 spiro atoms. The van der Waals surface area contributed by atoms with Gasteiger partial charge in [0.05, 0.1) is 6.04 Å². The lowest BCUT2D eigenvalue weighted by molar-refractivity contribution is -0.135. The fourth-order valence-electron chi connectivity index (χ4n) is 2.85. The molecule has 2 fully saturated rings. The van der Waals surface area contributed by atoms with E-state index in [4.69, 9.17) is 0 Å². The van der Waals surface area contributed by atoms with Gasteiger partial charge >= 0.3 is 0 Å². The van der Waals surface area contributed by atoms with Gasteiger partial charge < -0.3 is 10.2 Å². The van der Waals surface area contributed by atoms with Crippen molar-refractivity contribution in [1.82, 2.24) is 10.2 Å². The number of nitrogens with zero attached hydrogens (tertiary/aromatic N) is 1. The number of rotatable bonds is 4. The number of halogens is 1. The van der Waals surface area contributed by atoms with E-state index in [0.29, 0.717) is 18.2 Å². The summed E-state index contributed by atoms with van der Waals surface area (Å²) in [6.45, 7) is 1.31. The molecule has 0 radical (unpaired) electrons. The summed E-state index contributed by atoms with van der Waals surface area (Å²) < 4.78 is 13.8. The number of amides is 1. The Morgan fingerprint density at radius 2 is 2.05 bits per heavy atom. The first-order chi connectivity index (χ1) is 9.75. The van der Waals surface area contributed by atoms with Crippen molar-refractivity contribution < 1.29 is 9.18 Å². The summed E-state index contributed by atoms with van der Waals surface area (Å²) in [4.78, 5) is 14.5. The monoisotopic (exact) mass is 276 g/mol. The topological polar surface area (TPSA) is 32.3 Å². The molecule has 1 aliphatic heterocycles. The van der Waals surface area contributed by atoms with Gasteiger partial charge in [-0.15, -0.1) is 0 Å². The van der Waals surface area contributed by atoms with E-state index >= 15 is 0 Å². The van der Waals surface area contributed by atoms with Crippen molar-refractivity contribution in [3.05, 3.63) is 35.6 Å². The Bertz CT molecular complexity index is 481. The van der Waals surface area contributed by atoms with Crippen molar-refractivity contribution in [1.29, 1.82) is 0 Å². The van der Waals surface area contributed by atoms with Gasteiger partial charge in [0.2, 0.25) is 5.91 Å². The van der Waals surface area contributed by atoms with Crippen LogP contribution in [0, 0.1) is 5.82 Å². The van der Waals surface area contributed by atoms with E-state index in [0.717, 1.165) is 38.6 Å². The lowest BCUT2D eigenvalue weighted by Crippen LogP contribution is -2.49. The van der Waals surface area contributed by atoms with E-state index < -0.39 is 0 Å². The third kappa shape index (κ3) is 3.01. The third-order valence-electron chi connectivity index (χ3n) is 4.18. The van der Waals surface area contributed by atoms with Gasteiger partial charge in [0.25, 0.3) is 0 Å². The molecule has 1 saturated heterocycles. The molecule has 108 valence electrons. The number of piperidine rings is 1. The van der Waals surface area contributed by atoms with Crippen molar-refractivity contribution >= 4 is 5.91 Å². The number of carbonyl (C=O) groups excluding carboxylic acids is 1. The lowest BCUT2D eigenvalue weighted by Gasteiger charge is -2.30. The van der Waals surface area contributed by atoms with Crippen molar-refractivity contribution in [3.8, 4) is 0 Å². The van der Waals surface area contributed by atoms with Crippen LogP contribution in [-0.4, -0.2) is 29.4 Å². The highest BCUT2D eigenvalue weighted by Crippen LogP contribution is 2.30. The molecule has 1 atom stereocenters. The Labute approximate surface area is 119 Å². The van der Waals surface area contributed by atoms with Gasteiger partial charge in [-0.2, -0.15) is 0 Å². The molecule has 3 nitrogen and oxygen atoms in total. The molecule has 1 aromatic carbocycles. The third-order valence-corrected chi connectivity index (χ3v) is 4.18. The Morgan fingerprint density at radius 3 is 2.70 bits per heavy atom. The molecular weight excluding hydrogens is 255 g/mol. The molecule has 4 heteroatoms. The molecule has 1 heterocycles. The summed E-state index contributed by atoms with van der Waals surface area (Å²) in [5.41, 5.74) is 0.614. The predicted molar refractivity (Wildman–Crippen MR) is 75.6 cm³/mol.